The number of hydrogen-bond acceptors (Lipinski definition) is 6. The van der Waals surface area contributed by atoms with E-state index in [1.165, 1.54) is 6.92 Å². The lowest BCUT2D eigenvalue weighted by molar-refractivity contribution is -0.386. The second-order valence-corrected chi connectivity index (χ2v) is 5.15. The monoisotopic (exact) mass is 401 g/mol. The zero-order chi connectivity index (χ0) is 21.0. The van der Waals surface area contributed by atoms with Gasteiger partial charge in [-0.25, -0.2) is 4.79 Å². The number of nitrogens with one attached hydrogen (secondary N) is 1. The Hall–Kier alpha value is -2.99. The average molecular weight is 401 g/mol. The summed E-state index contributed by atoms with van der Waals surface area (Å²) in [5.74, 6) is -8.01. The van der Waals surface area contributed by atoms with E-state index in [-0.39, 0.29) is 5.56 Å². The van der Waals surface area contributed by atoms with Crippen LogP contribution in [0.4, 0.5) is 27.6 Å². The fourth-order valence-corrected chi connectivity index (χ4v) is 1.69. The number of benzene rings is 1. The number of halogens is 5. The number of nitro groups is 1. The molecule has 0 unspecified atom stereocenters. The highest BCUT2D eigenvalue weighted by Gasteiger charge is 2.58. The lowest BCUT2D eigenvalue weighted by atomic mass is 10.2. The van der Waals surface area contributed by atoms with Gasteiger partial charge >= 0.3 is 23.8 Å². The minimum Gasteiger partial charge on any atom is -0.480 e. The number of nitro benzene ring substituents is 1. The van der Waals surface area contributed by atoms with E-state index in [0.29, 0.717) is 12.1 Å². The summed E-state index contributed by atoms with van der Waals surface area (Å²) in [4.78, 5) is 33.1. The molecule has 1 aromatic carbocycles. The number of rotatable bonds is 7. The van der Waals surface area contributed by atoms with E-state index in [2.05, 4.69) is 14.8 Å². The van der Waals surface area contributed by atoms with Crippen molar-refractivity contribution >= 4 is 17.6 Å². The van der Waals surface area contributed by atoms with Crippen LogP contribution in [0.15, 0.2) is 18.2 Å². The molecule has 0 saturated heterocycles. The highest BCUT2D eigenvalue weighted by atomic mass is 19.4. The van der Waals surface area contributed by atoms with Crippen molar-refractivity contribution in [1.82, 2.24) is 5.32 Å². The molecule has 0 aliphatic carbocycles. The van der Waals surface area contributed by atoms with Crippen LogP contribution < -0.4 is 10.1 Å². The van der Waals surface area contributed by atoms with E-state index in [0.717, 1.165) is 13.2 Å². The van der Waals surface area contributed by atoms with Gasteiger partial charge in [-0.15, -0.1) is 0 Å². The Morgan fingerprint density at radius 2 is 1.85 bits per heavy atom. The number of nitrogens with zero attached hydrogens (tertiary/aromatic N) is 1. The van der Waals surface area contributed by atoms with Crippen LogP contribution >= 0.6 is 0 Å². The maximum Gasteiger partial charge on any atom is 0.456 e. The van der Waals surface area contributed by atoms with Crippen LogP contribution in [-0.2, 0) is 9.53 Å². The molecule has 1 N–H and O–H groups in total. The lowest BCUT2D eigenvalue weighted by Crippen LogP contribution is -2.42. The van der Waals surface area contributed by atoms with Crippen molar-refractivity contribution in [2.24, 2.45) is 0 Å². The Morgan fingerprint density at radius 1 is 1.26 bits per heavy atom. The highest BCUT2D eigenvalue weighted by Crippen LogP contribution is 2.37. The zero-order valence-electron chi connectivity index (χ0n) is 13.8. The third kappa shape index (κ3) is 5.49. The number of esters is 1. The molecule has 0 bridgehead atoms. The lowest BCUT2D eigenvalue weighted by Gasteiger charge is -2.20. The Bertz CT molecular complexity index is 737. The third-order valence-corrected chi connectivity index (χ3v) is 3.14. The van der Waals surface area contributed by atoms with Gasteiger partial charge in [0.1, 0.15) is 6.04 Å². The molecular formula is C14H13F5N2O6. The Kier molecular flexibility index (Phi) is 6.65. The summed E-state index contributed by atoms with van der Waals surface area (Å²) in [6.45, 7) is -0.961. The van der Waals surface area contributed by atoms with Crippen molar-refractivity contribution in [3.63, 3.8) is 0 Å². The van der Waals surface area contributed by atoms with E-state index in [1.54, 1.807) is 0 Å². The molecule has 1 atom stereocenters. The minimum absolute atomic E-state index is 0.373. The van der Waals surface area contributed by atoms with Crippen molar-refractivity contribution in [2.75, 3.05) is 13.7 Å². The molecule has 8 nitrogen and oxygen atoms in total. The summed E-state index contributed by atoms with van der Waals surface area (Å²) in [5, 5.41) is 13.0. The second-order valence-electron chi connectivity index (χ2n) is 5.15. The van der Waals surface area contributed by atoms with Gasteiger partial charge in [-0.05, 0) is 13.0 Å². The van der Waals surface area contributed by atoms with Gasteiger partial charge in [-0.2, -0.15) is 22.0 Å². The van der Waals surface area contributed by atoms with Gasteiger partial charge in [0.25, 0.3) is 5.91 Å². The number of carbonyl (C=O) groups is 2. The molecule has 0 spiro atoms. The maximum atomic E-state index is 13.0. The predicted octanol–water partition coefficient (Wildman–Crippen LogP) is 2.46. The van der Waals surface area contributed by atoms with Crippen molar-refractivity contribution in [3.05, 3.63) is 33.9 Å². The van der Waals surface area contributed by atoms with E-state index in [4.69, 9.17) is 0 Å². The van der Waals surface area contributed by atoms with Crippen molar-refractivity contribution < 1.29 is 45.9 Å². The maximum absolute atomic E-state index is 13.0. The second kappa shape index (κ2) is 8.14. The van der Waals surface area contributed by atoms with E-state index >= 15 is 0 Å². The normalized spacial score (nSPS) is 12.9. The molecule has 0 fully saturated rings. The molecule has 0 aliphatic rings. The van der Waals surface area contributed by atoms with Gasteiger partial charge in [0.05, 0.1) is 12.0 Å². The summed E-state index contributed by atoms with van der Waals surface area (Å²) < 4.78 is 71.1. The standard InChI is InChI=1S/C14H13F5N2O6/c1-7(12(23)26-2)20-11(22)8-3-4-9(21(24)25)10(5-8)27-6-13(15,16)14(17,18)19/h3-5,7H,6H2,1-2H3,(H,20,22)/t7-/m0/s1/i20+1. The summed E-state index contributed by atoms with van der Waals surface area (Å²) in [5.41, 5.74) is -1.30. The first kappa shape index (κ1) is 22.1. The number of carbonyl (C=O) groups excluding carboxylic acids is 2. The summed E-state index contributed by atoms with van der Waals surface area (Å²) in [6, 6.07) is 1.10. The Morgan fingerprint density at radius 3 is 2.33 bits per heavy atom. The number of hydrogen-bond donors (Lipinski definition) is 1. The fraction of sp³-hybridized carbons (Fsp3) is 0.429. The summed E-state index contributed by atoms with van der Waals surface area (Å²) in [7, 11) is 1.06. The van der Waals surface area contributed by atoms with Crippen LogP contribution in [0, 0.1) is 10.1 Å². The molecule has 0 heterocycles. The van der Waals surface area contributed by atoms with Gasteiger partial charge in [0, 0.05) is 17.7 Å². The first-order valence-electron chi connectivity index (χ1n) is 7.04. The predicted molar refractivity (Wildman–Crippen MR) is 78.5 cm³/mol. The van der Waals surface area contributed by atoms with Crippen LogP contribution in [0.1, 0.15) is 17.3 Å². The van der Waals surface area contributed by atoms with Crippen molar-refractivity contribution in [1.29, 1.82) is 0 Å². The molecule has 1 amide bonds. The molecule has 1 aromatic rings. The van der Waals surface area contributed by atoms with Crippen LogP contribution in [-0.4, -0.2) is 48.7 Å². The molecule has 1 rings (SSSR count). The first-order valence-corrected chi connectivity index (χ1v) is 7.04. The van der Waals surface area contributed by atoms with Gasteiger partial charge < -0.3 is 14.8 Å². The molecule has 0 aliphatic heterocycles. The zero-order valence-corrected chi connectivity index (χ0v) is 13.8. The topological polar surface area (TPSA) is 108 Å². The molecule has 27 heavy (non-hydrogen) atoms. The average Bonchev–Trinajstić information content (AvgIpc) is 2.57. The fourth-order valence-electron chi connectivity index (χ4n) is 1.69. The van der Waals surface area contributed by atoms with Gasteiger partial charge in [0.2, 0.25) is 0 Å². The van der Waals surface area contributed by atoms with Crippen LogP contribution in [0.5, 0.6) is 5.75 Å². The molecule has 0 saturated carbocycles. The third-order valence-electron chi connectivity index (χ3n) is 3.14. The number of amides is 1. The van der Waals surface area contributed by atoms with Gasteiger partial charge in [-0.1, -0.05) is 0 Å². The van der Waals surface area contributed by atoms with E-state index in [9.17, 15) is 41.7 Å². The molecule has 13 heteroatoms. The van der Waals surface area contributed by atoms with Crippen molar-refractivity contribution in [2.45, 2.75) is 25.1 Å². The molecule has 0 aromatic heterocycles. The Labute approximate surface area is 148 Å². The number of methoxy groups -OCH3 is 1. The molecular weight excluding hydrogens is 388 g/mol. The first-order chi connectivity index (χ1) is 12.3. The Balaban J connectivity index is 3.09. The SMILES string of the molecule is COC(=O)[C@H](C)[15NH]C(=O)c1ccc([N+](=O)[O-])c(OCC(F)(F)C(F)(F)F)c1. The van der Waals surface area contributed by atoms with E-state index in [1.807, 2.05) is 0 Å². The number of alkyl halides is 5. The van der Waals surface area contributed by atoms with Gasteiger partial charge in [-0.3, -0.25) is 14.9 Å². The highest BCUT2D eigenvalue weighted by molar-refractivity contribution is 5.97. The van der Waals surface area contributed by atoms with Crippen LogP contribution in [0.2, 0.25) is 0 Å². The largest absolute Gasteiger partial charge is 0.480 e. The van der Waals surface area contributed by atoms with Gasteiger partial charge in [0.15, 0.2) is 12.4 Å². The smallest absolute Gasteiger partial charge is 0.456 e. The van der Waals surface area contributed by atoms with Crippen LogP contribution in [0.3, 0.4) is 0 Å². The summed E-state index contributed by atoms with van der Waals surface area (Å²) in [6.07, 6.45) is -5.92. The molecule has 0 radical (unpaired) electrons. The van der Waals surface area contributed by atoms with Crippen molar-refractivity contribution in [3.8, 4) is 5.75 Å². The molecule has 150 valence electrons. The number of ether oxygens (including phenoxy) is 2. The summed E-state index contributed by atoms with van der Waals surface area (Å²) >= 11 is 0. The van der Waals surface area contributed by atoms with Crippen LogP contribution in [0.25, 0.3) is 0 Å². The minimum atomic E-state index is -5.92. The van der Waals surface area contributed by atoms with E-state index < -0.39 is 53.0 Å². The quantitative estimate of drug-likeness (QED) is 0.247.